The molecule has 29 heavy (non-hydrogen) atoms. The van der Waals surface area contributed by atoms with Crippen molar-refractivity contribution in [1.82, 2.24) is 20.3 Å². The SMILES string of the molecule is COc1ccc([C@@H]2CC[C@H](O/N=[N+](\[O-])CC(C)(C)NCCn3ccnn3)C2)cc1. The van der Waals surface area contributed by atoms with Crippen LogP contribution in [0.5, 0.6) is 5.75 Å². The van der Waals surface area contributed by atoms with Gasteiger partial charge in [-0.15, -0.1) is 5.10 Å². The standard InChI is InChI=1S/C20H30N6O3/c1-20(2,21-10-12-25-13-11-22-23-25)15-26(27)24-29-19-9-6-17(14-19)16-4-7-18(28-3)8-5-16/h4-5,7-8,11,13,17,19,21H,6,9-10,12,14-15H2,1-3H3/b26-24-/t17-,19+/m1/s1. The highest BCUT2D eigenvalue weighted by Gasteiger charge is 2.29. The molecule has 1 N–H and O–H groups in total. The van der Waals surface area contributed by atoms with Gasteiger partial charge < -0.3 is 20.1 Å². The summed E-state index contributed by atoms with van der Waals surface area (Å²) in [5.74, 6) is 1.28. The molecule has 2 atom stereocenters. The Kier molecular flexibility index (Phi) is 7.03. The Balaban J connectivity index is 1.41. The van der Waals surface area contributed by atoms with E-state index < -0.39 is 5.54 Å². The monoisotopic (exact) mass is 402 g/mol. The van der Waals surface area contributed by atoms with Crippen molar-refractivity contribution in [2.45, 2.75) is 57.2 Å². The van der Waals surface area contributed by atoms with Crippen molar-refractivity contribution >= 4 is 0 Å². The highest BCUT2D eigenvalue weighted by molar-refractivity contribution is 5.30. The Hall–Kier alpha value is -2.68. The molecule has 1 fully saturated rings. The van der Waals surface area contributed by atoms with E-state index in [1.54, 1.807) is 24.2 Å². The van der Waals surface area contributed by atoms with Crippen LogP contribution in [-0.4, -0.2) is 51.7 Å². The van der Waals surface area contributed by atoms with Gasteiger partial charge in [0.05, 0.1) is 25.4 Å². The minimum atomic E-state index is -0.406. The molecule has 1 saturated carbocycles. The van der Waals surface area contributed by atoms with E-state index in [1.165, 1.54) is 5.56 Å². The smallest absolute Gasteiger partial charge is 0.201 e. The van der Waals surface area contributed by atoms with Crippen LogP contribution < -0.4 is 10.1 Å². The van der Waals surface area contributed by atoms with E-state index in [-0.39, 0.29) is 12.6 Å². The number of nitrogens with zero attached hydrogens (tertiary/aromatic N) is 5. The van der Waals surface area contributed by atoms with Gasteiger partial charge in [0.1, 0.15) is 11.9 Å². The van der Waals surface area contributed by atoms with E-state index >= 15 is 0 Å². The lowest BCUT2D eigenvalue weighted by Crippen LogP contribution is -2.46. The molecule has 2 aromatic rings. The van der Waals surface area contributed by atoms with Gasteiger partial charge in [-0.2, -0.15) is 0 Å². The average Bonchev–Trinajstić information content (AvgIpc) is 3.38. The molecule has 3 rings (SSSR count). The number of hydroxylamine groups is 1. The molecule has 1 aromatic carbocycles. The van der Waals surface area contributed by atoms with Gasteiger partial charge in [0.2, 0.25) is 6.54 Å². The van der Waals surface area contributed by atoms with E-state index in [0.717, 1.165) is 25.0 Å². The van der Waals surface area contributed by atoms with Crippen LogP contribution in [-0.2, 0) is 11.4 Å². The van der Waals surface area contributed by atoms with E-state index in [9.17, 15) is 5.21 Å². The van der Waals surface area contributed by atoms with Crippen molar-refractivity contribution in [3.63, 3.8) is 0 Å². The minimum absolute atomic E-state index is 0.0260. The van der Waals surface area contributed by atoms with Crippen LogP contribution in [0, 0.1) is 5.21 Å². The maximum Gasteiger partial charge on any atom is 0.201 e. The average molecular weight is 402 g/mol. The van der Waals surface area contributed by atoms with Crippen molar-refractivity contribution in [2.75, 3.05) is 20.2 Å². The van der Waals surface area contributed by atoms with Gasteiger partial charge in [-0.1, -0.05) is 22.2 Å². The molecule has 0 aliphatic heterocycles. The van der Waals surface area contributed by atoms with Crippen LogP contribution in [0.4, 0.5) is 0 Å². The largest absolute Gasteiger partial charge is 0.597 e. The Morgan fingerprint density at radius 1 is 1.31 bits per heavy atom. The number of hydrogen-bond donors (Lipinski definition) is 1. The molecule has 0 radical (unpaired) electrons. The summed E-state index contributed by atoms with van der Waals surface area (Å²) < 4.78 is 6.95. The van der Waals surface area contributed by atoms with Crippen molar-refractivity contribution in [3.05, 3.63) is 47.4 Å². The summed E-state index contributed by atoms with van der Waals surface area (Å²) in [5, 5.41) is 27.0. The van der Waals surface area contributed by atoms with Gasteiger partial charge >= 0.3 is 0 Å². The Labute approximate surface area is 171 Å². The number of benzene rings is 1. The Bertz CT molecular complexity index is 776. The van der Waals surface area contributed by atoms with Gasteiger partial charge in [0.15, 0.2) is 5.28 Å². The number of hydrogen-bond acceptors (Lipinski definition) is 7. The van der Waals surface area contributed by atoms with Crippen LogP contribution in [0.15, 0.2) is 41.9 Å². The zero-order valence-electron chi connectivity index (χ0n) is 17.3. The molecule has 158 valence electrons. The summed E-state index contributed by atoms with van der Waals surface area (Å²) in [6, 6.07) is 8.14. The summed E-state index contributed by atoms with van der Waals surface area (Å²) in [4.78, 5) is 6.16. The summed E-state index contributed by atoms with van der Waals surface area (Å²) in [6.45, 7) is 5.48. The maximum absolute atomic E-state index is 12.2. The first-order valence-electron chi connectivity index (χ1n) is 10.00. The first kappa shape index (κ1) is 21.0. The van der Waals surface area contributed by atoms with Crippen LogP contribution in [0.25, 0.3) is 0 Å². The van der Waals surface area contributed by atoms with Gasteiger partial charge in [-0.3, -0.25) is 4.68 Å². The minimum Gasteiger partial charge on any atom is -0.597 e. The normalized spacial score (nSPS) is 20.0. The van der Waals surface area contributed by atoms with Crippen LogP contribution in [0.1, 0.15) is 44.6 Å². The summed E-state index contributed by atoms with van der Waals surface area (Å²) in [7, 11) is 1.67. The second-order valence-corrected chi connectivity index (χ2v) is 8.08. The third-order valence-electron chi connectivity index (χ3n) is 5.21. The molecule has 1 aliphatic carbocycles. The fourth-order valence-electron chi connectivity index (χ4n) is 3.62. The van der Waals surface area contributed by atoms with Gasteiger partial charge in [0.25, 0.3) is 0 Å². The predicted octanol–water partition coefficient (Wildman–Crippen LogP) is 2.89. The second kappa shape index (κ2) is 9.69. The first-order valence-corrected chi connectivity index (χ1v) is 10.00. The van der Waals surface area contributed by atoms with Gasteiger partial charge in [-0.05, 0) is 56.7 Å². The van der Waals surface area contributed by atoms with Crippen molar-refractivity contribution in [1.29, 1.82) is 0 Å². The Morgan fingerprint density at radius 2 is 2.10 bits per heavy atom. The van der Waals surface area contributed by atoms with Gasteiger partial charge in [-0.25, -0.2) is 0 Å². The molecule has 0 saturated heterocycles. The summed E-state index contributed by atoms with van der Waals surface area (Å²) in [5.41, 5.74) is 0.866. The van der Waals surface area contributed by atoms with Crippen LogP contribution in [0.3, 0.4) is 0 Å². The van der Waals surface area contributed by atoms with Crippen molar-refractivity contribution in [3.8, 4) is 5.75 Å². The molecular formula is C20H30N6O3. The highest BCUT2D eigenvalue weighted by atomic mass is 16.7. The highest BCUT2D eigenvalue weighted by Crippen LogP contribution is 2.36. The van der Waals surface area contributed by atoms with Crippen LogP contribution >= 0.6 is 0 Å². The first-order chi connectivity index (χ1) is 13.9. The third-order valence-corrected chi connectivity index (χ3v) is 5.21. The number of aromatic nitrogens is 3. The lowest BCUT2D eigenvalue weighted by molar-refractivity contribution is -0.568. The molecule has 0 bridgehead atoms. The summed E-state index contributed by atoms with van der Waals surface area (Å²) in [6.07, 6.45) is 6.21. The molecule has 9 nitrogen and oxygen atoms in total. The van der Waals surface area contributed by atoms with E-state index in [1.807, 2.05) is 26.0 Å². The van der Waals surface area contributed by atoms with Crippen molar-refractivity contribution < 1.29 is 14.4 Å². The van der Waals surface area contributed by atoms with Crippen molar-refractivity contribution in [2.24, 2.45) is 5.28 Å². The quantitative estimate of drug-likeness (QED) is 0.373. The zero-order valence-corrected chi connectivity index (χ0v) is 17.3. The number of nitrogens with one attached hydrogen (secondary N) is 1. The number of methoxy groups -OCH3 is 1. The van der Waals surface area contributed by atoms with E-state index in [0.29, 0.717) is 23.9 Å². The Morgan fingerprint density at radius 3 is 2.79 bits per heavy atom. The van der Waals surface area contributed by atoms with Gasteiger partial charge in [0, 0.05) is 12.7 Å². The molecule has 1 heterocycles. The molecular weight excluding hydrogens is 372 g/mol. The lowest BCUT2D eigenvalue weighted by atomic mass is 9.98. The third kappa shape index (κ3) is 6.42. The summed E-state index contributed by atoms with van der Waals surface area (Å²) >= 11 is 0. The molecule has 0 spiro atoms. The fraction of sp³-hybridized carbons (Fsp3) is 0.600. The molecule has 0 unspecified atom stereocenters. The number of rotatable bonds is 10. The van der Waals surface area contributed by atoms with E-state index in [2.05, 4.69) is 33.0 Å². The zero-order chi connectivity index (χ0) is 20.7. The maximum atomic E-state index is 12.2. The number of ether oxygens (including phenoxy) is 1. The molecule has 1 aromatic heterocycles. The topological polar surface area (TPSA) is 99.6 Å². The van der Waals surface area contributed by atoms with E-state index in [4.69, 9.17) is 9.57 Å². The van der Waals surface area contributed by atoms with Crippen LogP contribution in [0.2, 0.25) is 0 Å². The molecule has 9 heteroatoms. The second-order valence-electron chi connectivity index (χ2n) is 8.08. The fourth-order valence-corrected chi connectivity index (χ4v) is 3.62. The lowest BCUT2D eigenvalue weighted by Gasteiger charge is -2.23. The predicted molar refractivity (Wildman–Crippen MR) is 107 cm³/mol. The molecule has 1 aliphatic rings. The molecule has 0 amide bonds.